The van der Waals surface area contributed by atoms with E-state index in [-0.39, 0.29) is 17.2 Å². The number of nitrogens with two attached hydrogens (primary N) is 1. The number of benzene rings is 1. The first-order valence-corrected chi connectivity index (χ1v) is 13.0. The zero-order valence-electron chi connectivity index (χ0n) is 17.5. The third-order valence-corrected chi connectivity index (χ3v) is 8.61. The molecule has 1 aliphatic rings. The summed E-state index contributed by atoms with van der Waals surface area (Å²) < 4.78 is 21.9. The second-order valence-electron chi connectivity index (χ2n) is 7.83. The van der Waals surface area contributed by atoms with E-state index in [2.05, 4.69) is 4.99 Å². The highest BCUT2D eigenvalue weighted by molar-refractivity contribution is 8.24. The highest BCUT2D eigenvalue weighted by Gasteiger charge is 2.24. The number of aromatic nitrogens is 1. The van der Waals surface area contributed by atoms with Gasteiger partial charge in [-0.25, -0.2) is 4.79 Å². The molecule has 0 amide bonds. The summed E-state index contributed by atoms with van der Waals surface area (Å²) in [6, 6.07) is 8.29. The van der Waals surface area contributed by atoms with Crippen LogP contribution in [0, 0.1) is 0 Å². The Morgan fingerprint density at radius 1 is 1.28 bits per heavy atom. The molecule has 3 heterocycles. The van der Waals surface area contributed by atoms with Crippen molar-refractivity contribution in [2.45, 2.75) is 32.4 Å². The molecule has 0 radical (unpaired) electrons. The number of amidine groups is 1. The highest BCUT2D eigenvalue weighted by atomic mass is 32.3. The van der Waals surface area contributed by atoms with Gasteiger partial charge in [0, 0.05) is 34.5 Å². The molecule has 1 aliphatic heterocycles. The largest absolute Gasteiger partial charge is 0.478 e. The number of hydrogen-bond donors (Lipinski definition) is 4. The van der Waals surface area contributed by atoms with Gasteiger partial charge in [0.1, 0.15) is 5.84 Å². The van der Waals surface area contributed by atoms with Gasteiger partial charge in [-0.05, 0) is 43.5 Å². The molecule has 2 aromatic heterocycles. The Bertz CT molecular complexity index is 1270. The Kier molecular flexibility index (Phi) is 6.13. The number of carbonyl (C=O) groups is 1. The average Bonchev–Trinajstić information content (AvgIpc) is 3.22. The van der Waals surface area contributed by atoms with Crippen LogP contribution < -0.4 is 11.3 Å². The first-order valence-electron chi connectivity index (χ1n) is 10.3. The van der Waals surface area contributed by atoms with E-state index in [1.807, 2.05) is 13.0 Å². The van der Waals surface area contributed by atoms with Gasteiger partial charge in [-0.1, -0.05) is 12.1 Å². The number of nitrogens with zero attached hydrogens (tertiary/aromatic N) is 2. The number of aryl methyl sites for hydroxylation is 1. The van der Waals surface area contributed by atoms with Crippen molar-refractivity contribution in [1.82, 2.24) is 4.57 Å². The molecule has 170 valence electrons. The summed E-state index contributed by atoms with van der Waals surface area (Å²) in [7, 11) is -2.49. The summed E-state index contributed by atoms with van der Waals surface area (Å²) in [5, 5.41) is 9.88. The Balaban J connectivity index is 1.79. The van der Waals surface area contributed by atoms with Crippen LogP contribution >= 0.6 is 21.9 Å². The summed E-state index contributed by atoms with van der Waals surface area (Å²) in [6.45, 7) is 2.35. The van der Waals surface area contributed by atoms with Gasteiger partial charge < -0.3 is 15.4 Å². The Morgan fingerprint density at radius 3 is 2.66 bits per heavy atom. The minimum atomic E-state index is -2.49. The zero-order chi connectivity index (χ0) is 23.0. The summed E-state index contributed by atoms with van der Waals surface area (Å²) >= 11 is 1.35. The van der Waals surface area contributed by atoms with Crippen LogP contribution in [0.15, 0.2) is 46.3 Å². The van der Waals surface area contributed by atoms with Crippen LogP contribution in [0.4, 0.5) is 0 Å². The molecule has 0 aliphatic carbocycles. The van der Waals surface area contributed by atoms with Crippen molar-refractivity contribution < 1.29 is 19.0 Å². The van der Waals surface area contributed by atoms with Crippen LogP contribution in [-0.2, 0) is 6.54 Å². The Morgan fingerprint density at radius 2 is 2.00 bits per heavy atom. The molecule has 0 saturated carbocycles. The second kappa shape index (κ2) is 8.70. The summed E-state index contributed by atoms with van der Waals surface area (Å²) in [5.41, 5.74) is 7.79. The van der Waals surface area contributed by atoms with Gasteiger partial charge in [0.05, 0.1) is 21.9 Å². The van der Waals surface area contributed by atoms with Crippen molar-refractivity contribution in [2.24, 2.45) is 10.7 Å². The van der Waals surface area contributed by atoms with Crippen LogP contribution in [0.2, 0.25) is 0 Å². The molecule has 0 unspecified atom stereocenters. The third-order valence-electron chi connectivity index (χ3n) is 5.64. The number of carboxylic acid groups (broad SMARTS) is 1. The maximum Gasteiger partial charge on any atom is 0.335 e. The average molecular weight is 476 g/mol. The van der Waals surface area contributed by atoms with E-state index in [4.69, 9.17) is 5.73 Å². The van der Waals surface area contributed by atoms with Crippen molar-refractivity contribution >= 4 is 43.8 Å². The monoisotopic (exact) mass is 475 g/mol. The first kappa shape index (κ1) is 22.5. The van der Waals surface area contributed by atoms with Crippen molar-refractivity contribution in [3.63, 3.8) is 0 Å². The minimum absolute atomic E-state index is 0.0841. The number of aromatic carboxylic acids is 1. The van der Waals surface area contributed by atoms with E-state index in [0.29, 0.717) is 52.6 Å². The van der Waals surface area contributed by atoms with Gasteiger partial charge in [-0.2, -0.15) is 10.6 Å². The van der Waals surface area contributed by atoms with Crippen LogP contribution in [-0.4, -0.2) is 48.1 Å². The molecule has 10 heteroatoms. The van der Waals surface area contributed by atoms with Gasteiger partial charge in [-0.3, -0.25) is 18.9 Å². The van der Waals surface area contributed by atoms with Gasteiger partial charge in [0.2, 0.25) is 0 Å². The number of thiophene rings is 1. The summed E-state index contributed by atoms with van der Waals surface area (Å²) in [6.07, 6.45) is 2.87. The van der Waals surface area contributed by atoms with Gasteiger partial charge in [0.25, 0.3) is 5.56 Å². The number of hydrogen-bond acceptors (Lipinski definition) is 6. The fraction of sp³-hybridized carbons (Fsp3) is 0.318. The van der Waals surface area contributed by atoms with E-state index < -0.39 is 16.6 Å². The molecule has 4 rings (SSSR count). The molecular formula is C22H25N3O5S2. The molecule has 8 nitrogen and oxygen atoms in total. The summed E-state index contributed by atoms with van der Waals surface area (Å²) in [4.78, 5) is 29.6. The summed E-state index contributed by atoms with van der Waals surface area (Å²) in [5.74, 6) is -0.0420. The molecule has 0 bridgehead atoms. The number of aliphatic imine (C=N–C) groups is 1. The quantitative estimate of drug-likeness (QED) is 0.324. The molecule has 1 fully saturated rings. The molecule has 5 N–H and O–H groups in total. The van der Waals surface area contributed by atoms with E-state index >= 15 is 0 Å². The van der Waals surface area contributed by atoms with E-state index in [9.17, 15) is 23.8 Å². The van der Waals surface area contributed by atoms with Crippen molar-refractivity contribution in [3.8, 4) is 11.1 Å². The smallest absolute Gasteiger partial charge is 0.335 e. The van der Waals surface area contributed by atoms with Crippen molar-refractivity contribution in [2.75, 3.05) is 11.5 Å². The van der Waals surface area contributed by atoms with E-state index in [1.54, 1.807) is 29.0 Å². The SMILES string of the molecule is CCn1cc(-c2cccc(C(=O)O)c2)c2sc(C(N)=NC3CCS(O)(O)CC3)cc2c1=O. The third kappa shape index (κ3) is 4.44. The normalized spacial score (nSPS) is 18.0. The number of pyridine rings is 1. The fourth-order valence-electron chi connectivity index (χ4n) is 3.85. The standard InChI is InChI=1S/C22H25N3O5S2/c1-2-25-12-17(13-4-3-5-14(10-13)22(27)28)19-16(21(25)26)11-18(31-19)20(23)24-15-6-8-32(29,30)9-7-15/h3-5,10-12,15,29-30H,2,6-9H2,1H3,(H2,23,24)(H,27,28). The van der Waals surface area contributed by atoms with Gasteiger partial charge in [-0.15, -0.1) is 11.3 Å². The Labute approximate surface area is 190 Å². The molecular weight excluding hydrogens is 450 g/mol. The van der Waals surface area contributed by atoms with Crippen molar-refractivity contribution in [3.05, 3.63) is 57.3 Å². The lowest BCUT2D eigenvalue weighted by molar-refractivity contribution is 0.0697. The van der Waals surface area contributed by atoms with Crippen LogP contribution in [0.3, 0.4) is 0 Å². The molecule has 1 aromatic carbocycles. The second-order valence-corrected chi connectivity index (χ2v) is 11.3. The lowest BCUT2D eigenvalue weighted by Gasteiger charge is -2.38. The number of rotatable bonds is 5. The van der Waals surface area contributed by atoms with Gasteiger partial charge >= 0.3 is 5.97 Å². The zero-order valence-corrected chi connectivity index (χ0v) is 19.2. The molecule has 32 heavy (non-hydrogen) atoms. The maximum absolute atomic E-state index is 13.0. The molecule has 3 aromatic rings. The predicted molar refractivity (Wildman–Crippen MR) is 130 cm³/mol. The number of carboxylic acids is 1. The predicted octanol–water partition coefficient (Wildman–Crippen LogP) is 4.07. The van der Waals surface area contributed by atoms with Crippen LogP contribution in [0.1, 0.15) is 35.0 Å². The minimum Gasteiger partial charge on any atom is -0.478 e. The maximum atomic E-state index is 13.0. The lowest BCUT2D eigenvalue weighted by atomic mass is 10.0. The molecule has 1 saturated heterocycles. The van der Waals surface area contributed by atoms with Crippen LogP contribution in [0.5, 0.6) is 0 Å². The van der Waals surface area contributed by atoms with Crippen molar-refractivity contribution in [1.29, 1.82) is 0 Å². The fourth-order valence-corrected chi connectivity index (χ4v) is 6.44. The van der Waals surface area contributed by atoms with E-state index in [0.717, 1.165) is 10.3 Å². The highest BCUT2D eigenvalue weighted by Crippen LogP contribution is 2.44. The lowest BCUT2D eigenvalue weighted by Crippen LogP contribution is -2.25. The first-order chi connectivity index (χ1) is 15.2. The van der Waals surface area contributed by atoms with Gasteiger partial charge in [0.15, 0.2) is 0 Å². The topological polar surface area (TPSA) is 138 Å². The molecule has 0 spiro atoms. The Hall–Kier alpha value is -2.66. The number of fused-ring (bicyclic) bond motifs is 1. The van der Waals surface area contributed by atoms with Crippen LogP contribution in [0.25, 0.3) is 21.2 Å². The molecule has 0 atom stereocenters. The van der Waals surface area contributed by atoms with E-state index in [1.165, 1.54) is 17.4 Å².